The van der Waals surface area contributed by atoms with E-state index in [1.807, 2.05) is 0 Å². The van der Waals surface area contributed by atoms with Crippen LogP contribution in [0.4, 0.5) is 0 Å². The lowest BCUT2D eigenvalue weighted by molar-refractivity contribution is 0.378. The van der Waals surface area contributed by atoms with Crippen molar-refractivity contribution in [3.8, 4) is 0 Å². The molecule has 0 saturated carbocycles. The molecule has 8 N–H and O–H groups in total. The first kappa shape index (κ1) is 38.2. The van der Waals surface area contributed by atoms with Gasteiger partial charge in [0.15, 0.2) is 34.7 Å². The van der Waals surface area contributed by atoms with Crippen molar-refractivity contribution < 1.29 is 70.1 Å². The Balaban J connectivity index is -0.0000000376. The second-order valence-corrected chi connectivity index (χ2v) is 5.37. The van der Waals surface area contributed by atoms with Gasteiger partial charge >= 0.3 is 41.6 Å². The van der Waals surface area contributed by atoms with E-state index in [4.69, 9.17) is 70.1 Å². The van der Waals surface area contributed by atoms with E-state index in [0.29, 0.717) is 0 Å². The first-order chi connectivity index (χ1) is 8.00. The second-order valence-electron chi connectivity index (χ2n) is 1.79. The summed E-state index contributed by atoms with van der Waals surface area (Å²) >= 11 is 0. The maximum Gasteiger partial charge on any atom is 0.394 e. The van der Waals surface area contributed by atoms with Gasteiger partial charge in [-0.1, -0.05) is 0 Å². The van der Waals surface area contributed by atoms with Crippen LogP contribution in [0, 0.1) is 0 Å². The van der Waals surface area contributed by atoms with Crippen LogP contribution in [0.3, 0.4) is 0 Å². The number of rotatable bonds is 0. The fourth-order valence-corrected chi connectivity index (χ4v) is 0. The third kappa shape index (κ3) is 26400. The van der Waals surface area contributed by atoms with E-state index in [1.54, 1.807) is 0 Å². The monoisotopic (exact) mass is 452 g/mol. The van der Waals surface area contributed by atoms with Crippen LogP contribution in [0.15, 0.2) is 0 Å². The molecule has 0 aromatic rings. The van der Waals surface area contributed by atoms with E-state index >= 15 is 0 Å². The molecule has 16 nitrogen and oxygen atoms in total. The van der Waals surface area contributed by atoms with Gasteiger partial charge in [-0.25, -0.2) is 0 Å². The molecule has 0 aromatic carbocycles. The van der Waals surface area contributed by atoms with Gasteiger partial charge in [0.25, 0.3) is 0 Å². The molecule has 0 atom stereocenters. The summed E-state index contributed by atoms with van der Waals surface area (Å²) in [6.07, 6.45) is 0. The minimum Gasteiger partial charge on any atom is -0.264 e. The SMILES string of the molecule is O=S(=O)(O)O.O=S(=O)(O)O.O=S(=O)(O)O.O=S(=O)(O)O.[AlH3].[AlH3]. The predicted octanol–water partition coefficient (Wildman–Crippen LogP) is -4.98. The number of hydrogen-bond donors (Lipinski definition) is 8. The summed E-state index contributed by atoms with van der Waals surface area (Å²) in [4.78, 5) is 0. The van der Waals surface area contributed by atoms with Gasteiger partial charge in [-0.3, -0.25) is 36.4 Å². The van der Waals surface area contributed by atoms with Gasteiger partial charge in [0, 0.05) is 0 Å². The summed E-state index contributed by atoms with van der Waals surface area (Å²) in [5.41, 5.74) is 0. The Labute approximate surface area is 146 Å². The summed E-state index contributed by atoms with van der Waals surface area (Å²) in [5, 5.41) is 0. The molecule has 0 saturated heterocycles. The minimum atomic E-state index is -4.67. The van der Waals surface area contributed by atoms with Crippen LogP contribution in [0.2, 0.25) is 0 Å². The van der Waals surface area contributed by atoms with Crippen LogP contribution >= 0.6 is 0 Å². The van der Waals surface area contributed by atoms with Gasteiger partial charge in [-0.15, -0.1) is 0 Å². The molecule has 22 heavy (non-hydrogen) atoms. The van der Waals surface area contributed by atoms with Crippen molar-refractivity contribution in [1.82, 2.24) is 0 Å². The Bertz CT molecular complexity index is 477. The third-order valence-corrected chi connectivity index (χ3v) is 0. The van der Waals surface area contributed by atoms with E-state index in [2.05, 4.69) is 0 Å². The molecule has 0 radical (unpaired) electrons. The van der Waals surface area contributed by atoms with Crippen LogP contribution in [-0.4, -0.2) is 105 Å². The molecule has 0 aromatic heterocycles. The maximum atomic E-state index is 8.74. The van der Waals surface area contributed by atoms with E-state index in [-0.39, 0.29) is 34.7 Å². The number of hydrogen-bond acceptors (Lipinski definition) is 8. The predicted molar refractivity (Wildman–Crippen MR) is 76.6 cm³/mol. The largest absolute Gasteiger partial charge is 0.394 e. The highest BCUT2D eigenvalue weighted by molar-refractivity contribution is 7.80. The zero-order chi connectivity index (χ0) is 18.0. The summed E-state index contributed by atoms with van der Waals surface area (Å²) in [6.45, 7) is 0. The third-order valence-electron chi connectivity index (χ3n) is 0. The highest BCUT2D eigenvalue weighted by Crippen LogP contribution is 1.60. The summed E-state index contributed by atoms with van der Waals surface area (Å²) in [5.74, 6) is 0. The first-order valence-electron chi connectivity index (χ1n) is 2.79. The van der Waals surface area contributed by atoms with Gasteiger partial charge in [0.1, 0.15) is 0 Å². The molecule has 0 bridgehead atoms. The lowest BCUT2D eigenvalue weighted by atomic mass is 15.8. The van der Waals surface area contributed by atoms with Crippen LogP contribution in [-0.2, 0) is 41.6 Å². The molecule has 0 aliphatic carbocycles. The smallest absolute Gasteiger partial charge is 0.264 e. The average Bonchev–Trinajstić information content (AvgIpc) is 1.62. The summed E-state index contributed by atoms with van der Waals surface area (Å²) in [6, 6.07) is 0. The topological polar surface area (TPSA) is 298 Å². The maximum absolute atomic E-state index is 8.74. The van der Waals surface area contributed by atoms with Crippen LogP contribution in [0.5, 0.6) is 0 Å². The molecule has 0 heterocycles. The Morgan fingerprint density at radius 3 is 0.318 bits per heavy atom. The lowest BCUT2D eigenvalue weighted by Crippen LogP contribution is -1.89. The van der Waals surface area contributed by atoms with E-state index in [0.717, 1.165) is 0 Å². The van der Waals surface area contributed by atoms with Crippen molar-refractivity contribution in [2.75, 3.05) is 0 Å². The quantitative estimate of drug-likeness (QED) is 0.126. The fourth-order valence-electron chi connectivity index (χ4n) is 0. The van der Waals surface area contributed by atoms with Crippen molar-refractivity contribution in [3.63, 3.8) is 0 Å². The van der Waals surface area contributed by atoms with Crippen LogP contribution in [0.25, 0.3) is 0 Å². The molecule has 0 fully saturated rings. The van der Waals surface area contributed by atoms with Gasteiger partial charge < -0.3 is 0 Å². The second kappa shape index (κ2) is 15.1. The van der Waals surface area contributed by atoms with Crippen molar-refractivity contribution in [2.24, 2.45) is 0 Å². The molecular weight excluding hydrogens is 438 g/mol. The highest BCUT2D eigenvalue weighted by Gasteiger charge is 1.86. The Hall–Kier alpha value is 0.545. The van der Waals surface area contributed by atoms with Crippen LogP contribution in [0.1, 0.15) is 0 Å². The van der Waals surface area contributed by atoms with Gasteiger partial charge in [-0.2, -0.15) is 33.7 Å². The van der Waals surface area contributed by atoms with E-state index < -0.39 is 41.6 Å². The molecule has 0 unspecified atom stereocenters. The lowest BCUT2D eigenvalue weighted by Gasteiger charge is -1.68. The summed E-state index contributed by atoms with van der Waals surface area (Å²) in [7, 11) is -18.7. The van der Waals surface area contributed by atoms with Crippen molar-refractivity contribution in [2.45, 2.75) is 0 Å². The molecule has 22 heteroatoms. The van der Waals surface area contributed by atoms with Gasteiger partial charge in [0.05, 0.1) is 0 Å². The zero-order valence-corrected chi connectivity index (χ0v) is 11.7. The molecule has 0 spiro atoms. The van der Waals surface area contributed by atoms with Crippen LogP contribution < -0.4 is 0 Å². The first-order valence-corrected chi connectivity index (χ1v) is 8.38. The Morgan fingerprint density at radius 2 is 0.318 bits per heavy atom. The Morgan fingerprint density at radius 1 is 0.318 bits per heavy atom. The molecule has 0 aliphatic heterocycles. The molecule has 0 rings (SSSR count). The molecular formula is H14Al2O16S4. The standard InChI is InChI=1S/2Al.4H2O4S.6H/c;;4*1-5(2,3)4;;;;;;/h;;4*(H2,1,2,3,4);;;;;;. The van der Waals surface area contributed by atoms with Gasteiger partial charge in [-0.05, 0) is 0 Å². The van der Waals surface area contributed by atoms with E-state index in [9.17, 15) is 0 Å². The Kier molecular flexibility index (Phi) is 26.2. The minimum absolute atomic E-state index is 0. The molecule has 140 valence electrons. The average molecular weight is 452 g/mol. The van der Waals surface area contributed by atoms with E-state index in [1.165, 1.54) is 0 Å². The summed E-state index contributed by atoms with van der Waals surface area (Å²) < 4.78 is 126. The fraction of sp³-hybridized carbons (Fsp3) is 0. The highest BCUT2D eigenvalue weighted by atomic mass is 32.3. The van der Waals surface area contributed by atoms with Crippen molar-refractivity contribution in [1.29, 1.82) is 0 Å². The van der Waals surface area contributed by atoms with Crippen molar-refractivity contribution in [3.05, 3.63) is 0 Å². The van der Waals surface area contributed by atoms with Crippen molar-refractivity contribution >= 4 is 76.3 Å². The van der Waals surface area contributed by atoms with Gasteiger partial charge in [0.2, 0.25) is 0 Å². The molecule has 0 aliphatic rings. The zero-order valence-electron chi connectivity index (χ0n) is 8.48. The normalized spacial score (nSPS) is 10.5. The molecule has 0 amide bonds.